The first-order valence-electron chi connectivity index (χ1n) is 12.7. The van der Waals surface area contributed by atoms with Gasteiger partial charge in [-0.05, 0) is 49.1 Å². The zero-order valence-corrected chi connectivity index (χ0v) is 23.0. The van der Waals surface area contributed by atoms with E-state index in [1.807, 2.05) is 48.0 Å². The highest BCUT2D eigenvalue weighted by molar-refractivity contribution is 6.30. The van der Waals surface area contributed by atoms with Crippen molar-refractivity contribution in [1.82, 2.24) is 30.1 Å². The quantitative estimate of drug-likeness (QED) is 0.647. The van der Waals surface area contributed by atoms with Crippen LogP contribution in [0, 0.1) is 5.41 Å². The van der Waals surface area contributed by atoms with Crippen LogP contribution >= 0.6 is 11.6 Å². The number of carbonyl (C=O) groups excluding carboxylic acids is 2. The summed E-state index contributed by atoms with van der Waals surface area (Å²) in [6, 6.07) is 9.26. The number of carbonyl (C=O) groups is 2. The Bertz CT molecular complexity index is 1340. The zero-order chi connectivity index (χ0) is 27.2. The fraction of sp³-hybridized carbons (Fsp3) is 0.393. The van der Waals surface area contributed by atoms with Crippen molar-refractivity contribution in [3.05, 3.63) is 82.7 Å². The molecule has 38 heavy (non-hydrogen) atoms. The van der Waals surface area contributed by atoms with E-state index in [4.69, 9.17) is 16.7 Å². The van der Waals surface area contributed by atoms with E-state index >= 15 is 0 Å². The highest BCUT2D eigenvalue weighted by Gasteiger charge is 2.43. The van der Waals surface area contributed by atoms with Crippen molar-refractivity contribution >= 4 is 29.1 Å². The van der Waals surface area contributed by atoms with Gasteiger partial charge in [0.1, 0.15) is 11.9 Å². The summed E-state index contributed by atoms with van der Waals surface area (Å²) < 4.78 is 0. The molecule has 2 amide bonds. The number of fused-ring (bicyclic) bond motifs is 1. The topological polar surface area (TPSA) is 94.0 Å². The summed E-state index contributed by atoms with van der Waals surface area (Å²) in [5.41, 5.74) is 2.60. The first-order valence-corrected chi connectivity index (χ1v) is 13.0. The lowest BCUT2D eigenvalue weighted by Gasteiger charge is -2.47. The summed E-state index contributed by atoms with van der Waals surface area (Å²) in [5, 5.41) is 10.8. The van der Waals surface area contributed by atoms with Gasteiger partial charge >= 0.3 is 0 Å². The van der Waals surface area contributed by atoms with E-state index in [-0.39, 0.29) is 29.2 Å². The van der Waals surface area contributed by atoms with E-state index in [9.17, 15) is 9.59 Å². The molecule has 2 aromatic rings. The summed E-state index contributed by atoms with van der Waals surface area (Å²) in [4.78, 5) is 38.4. The minimum absolute atomic E-state index is 0.121. The molecular weight excluding hydrogens is 502 g/mol. The Hall–Kier alpha value is -3.72. The molecule has 1 fully saturated rings. The number of hydrazone groups is 1. The molecule has 198 valence electrons. The van der Waals surface area contributed by atoms with E-state index in [1.165, 1.54) is 0 Å². The van der Waals surface area contributed by atoms with E-state index < -0.39 is 5.54 Å². The third-order valence-corrected chi connectivity index (χ3v) is 7.31. The van der Waals surface area contributed by atoms with Crippen LogP contribution < -0.4 is 5.32 Å². The third kappa shape index (κ3) is 4.90. The van der Waals surface area contributed by atoms with Crippen LogP contribution in [0.15, 0.2) is 71.4 Å². The Morgan fingerprint density at radius 3 is 2.37 bits per heavy atom. The monoisotopic (exact) mass is 533 g/mol. The highest BCUT2D eigenvalue weighted by atomic mass is 35.5. The number of aromatic nitrogens is 2. The number of piperazine rings is 1. The van der Waals surface area contributed by atoms with Gasteiger partial charge < -0.3 is 15.1 Å². The average Bonchev–Trinajstić information content (AvgIpc) is 3.31. The fourth-order valence-corrected chi connectivity index (χ4v) is 5.18. The number of amides is 2. The molecular formula is C28H32ClN7O2. The maximum absolute atomic E-state index is 13.8. The van der Waals surface area contributed by atoms with Gasteiger partial charge in [0.15, 0.2) is 0 Å². The van der Waals surface area contributed by atoms with Gasteiger partial charge in [0.25, 0.3) is 11.8 Å². The molecule has 0 bridgehead atoms. The van der Waals surface area contributed by atoms with Crippen LogP contribution in [0.25, 0.3) is 0 Å². The predicted octanol–water partition coefficient (Wildman–Crippen LogP) is 3.66. The smallest absolute Gasteiger partial charge is 0.291 e. The van der Waals surface area contributed by atoms with Crippen molar-refractivity contribution in [2.24, 2.45) is 10.5 Å². The van der Waals surface area contributed by atoms with Gasteiger partial charge in [-0.1, -0.05) is 44.5 Å². The third-order valence-electron chi connectivity index (χ3n) is 7.06. The van der Waals surface area contributed by atoms with Crippen LogP contribution in [-0.2, 0) is 4.79 Å². The Labute approximate surface area is 227 Å². The molecule has 3 aliphatic heterocycles. The van der Waals surface area contributed by atoms with Gasteiger partial charge in [-0.15, -0.1) is 0 Å². The van der Waals surface area contributed by atoms with E-state index in [2.05, 4.69) is 42.1 Å². The van der Waals surface area contributed by atoms with Crippen LogP contribution in [0.2, 0.25) is 5.02 Å². The molecule has 5 rings (SSSR count). The molecule has 10 heteroatoms. The maximum Gasteiger partial charge on any atom is 0.291 e. The largest absolute Gasteiger partial charge is 0.355 e. The van der Waals surface area contributed by atoms with Gasteiger partial charge in [0.2, 0.25) is 5.82 Å². The summed E-state index contributed by atoms with van der Waals surface area (Å²) in [7, 11) is 0. The van der Waals surface area contributed by atoms with Crippen molar-refractivity contribution in [3.63, 3.8) is 0 Å². The van der Waals surface area contributed by atoms with Crippen molar-refractivity contribution in [1.29, 1.82) is 0 Å². The highest BCUT2D eigenvalue weighted by Crippen LogP contribution is 2.36. The number of hydrogen-bond acceptors (Lipinski definition) is 7. The summed E-state index contributed by atoms with van der Waals surface area (Å²) >= 11 is 6.09. The summed E-state index contributed by atoms with van der Waals surface area (Å²) in [6.07, 6.45) is 6.73. The lowest BCUT2D eigenvalue weighted by atomic mass is 9.82. The SMILES string of the molecule is CC(C)(C)C1=CC(c2ccc(Cl)cc2)=NN2C=C(C(=O)N3CCN(C(=O)c4ncccn4)CC3(C)C)NC12. The molecule has 1 atom stereocenters. The normalized spacial score (nSPS) is 20.7. The Balaban J connectivity index is 1.37. The first kappa shape index (κ1) is 25.9. The zero-order valence-electron chi connectivity index (χ0n) is 22.3. The Kier molecular flexibility index (Phi) is 6.51. The Morgan fingerprint density at radius 1 is 1.05 bits per heavy atom. The average molecular weight is 534 g/mol. The molecule has 0 aliphatic carbocycles. The number of nitrogens with zero attached hydrogens (tertiary/aromatic N) is 6. The summed E-state index contributed by atoms with van der Waals surface area (Å²) in [5.74, 6) is -0.190. The molecule has 0 spiro atoms. The second-order valence-corrected chi connectivity index (χ2v) is 11.8. The van der Waals surface area contributed by atoms with Gasteiger partial charge in [-0.25, -0.2) is 15.0 Å². The van der Waals surface area contributed by atoms with Crippen molar-refractivity contribution < 1.29 is 9.59 Å². The fourth-order valence-electron chi connectivity index (χ4n) is 5.05. The number of rotatable bonds is 3. The number of halogens is 1. The number of benzene rings is 1. The van der Waals surface area contributed by atoms with Crippen LogP contribution in [-0.4, -0.2) is 73.6 Å². The van der Waals surface area contributed by atoms with Crippen LogP contribution in [0.1, 0.15) is 50.8 Å². The molecule has 1 aromatic heterocycles. The molecule has 1 N–H and O–H groups in total. The number of nitrogens with one attached hydrogen (secondary N) is 1. The standard InChI is InChI=1S/C28H32ClN7O2/c1-27(2,3)20-15-21(18-7-9-19(29)10-8-18)33-36-16-22(32-24(20)36)25(37)35-14-13-34(17-28(35,4)5)26(38)23-30-11-6-12-31-23/h6-12,15-16,24,32H,13-14,17H2,1-5H3. The van der Waals surface area contributed by atoms with Crippen molar-refractivity contribution in [2.45, 2.75) is 46.3 Å². The lowest BCUT2D eigenvalue weighted by Crippen LogP contribution is -2.62. The number of hydrogen-bond donors (Lipinski definition) is 1. The molecule has 0 radical (unpaired) electrons. The van der Waals surface area contributed by atoms with Crippen LogP contribution in [0.4, 0.5) is 0 Å². The van der Waals surface area contributed by atoms with Gasteiger partial charge in [0.05, 0.1) is 17.5 Å². The minimum Gasteiger partial charge on any atom is -0.355 e. The van der Waals surface area contributed by atoms with Gasteiger partial charge in [0, 0.05) is 42.6 Å². The molecule has 1 aromatic carbocycles. The van der Waals surface area contributed by atoms with Crippen LogP contribution in [0.3, 0.4) is 0 Å². The van der Waals surface area contributed by atoms with E-state index in [0.717, 1.165) is 16.8 Å². The maximum atomic E-state index is 13.8. The molecule has 4 heterocycles. The van der Waals surface area contributed by atoms with Gasteiger partial charge in [-0.2, -0.15) is 5.10 Å². The first-order chi connectivity index (χ1) is 17.9. The molecule has 1 saturated heterocycles. The number of allylic oxidation sites excluding steroid dienone is 1. The van der Waals surface area contributed by atoms with E-state index in [1.54, 1.807) is 29.6 Å². The molecule has 3 aliphatic rings. The van der Waals surface area contributed by atoms with Crippen LogP contribution in [0.5, 0.6) is 0 Å². The Morgan fingerprint density at radius 2 is 1.74 bits per heavy atom. The van der Waals surface area contributed by atoms with Crippen molar-refractivity contribution in [2.75, 3.05) is 19.6 Å². The minimum atomic E-state index is -0.591. The van der Waals surface area contributed by atoms with Gasteiger partial charge in [-0.3, -0.25) is 9.59 Å². The van der Waals surface area contributed by atoms with Crippen molar-refractivity contribution in [3.8, 4) is 0 Å². The lowest BCUT2D eigenvalue weighted by molar-refractivity contribution is -0.135. The second-order valence-electron chi connectivity index (χ2n) is 11.4. The second kappa shape index (κ2) is 9.54. The molecule has 9 nitrogen and oxygen atoms in total. The predicted molar refractivity (Wildman–Crippen MR) is 146 cm³/mol. The summed E-state index contributed by atoms with van der Waals surface area (Å²) in [6.45, 7) is 11.6. The van der Waals surface area contributed by atoms with E-state index in [0.29, 0.717) is 30.4 Å². The molecule has 0 saturated carbocycles. The molecule has 1 unspecified atom stereocenters.